The lowest BCUT2D eigenvalue weighted by Crippen LogP contribution is -2.00. The van der Waals surface area contributed by atoms with E-state index in [1.54, 1.807) is 5.38 Å². The van der Waals surface area contributed by atoms with Crippen LogP contribution in [0, 0.1) is 6.92 Å². The molecule has 1 aromatic carbocycles. The van der Waals surface area contributed by atoms with Crippen LogP contribution in [0.3, 0.4) is 0 Å². The van der Waals surface area contributed by atoms with Gasteiger partial charge in [-0.15, -0.1) is 22.9 Å². The highest BCUT2D eigenvalue weighted by Gasteiger charge is 2.09. The molecular formula is C13H12ClNOS. The lowest BCUT2D eigenvalue weighted by molar-refractivity contribution is 0.101. The third kappa shape index (κ3) is 3.14. The molecule has 0 radical (unpaired) electrons. The number of ketones is 1. The molecule has 0 aliphatic heterocycles. The summed E-state index contributed by atoms with van der Waals surface area (Å²) in [6, 6.07) is 8.32. The van der Waals surface area contributed by atoms with E-state index in [9.17, 15) is 4.79 Å². The second kappa shape index (κ2) is 5.43. The molecule has 0 atom stereocenters. The molecule has 0 amide bonds. The maximum absolute atomic E-state index is 11.3. The van der Waals surface area contributed by atoms with Crippen molar-refractivity contribution in [1.29, 1.82) is 0 Å². The molecule has 0 aliphatic carbocycles. The second-order valence-electron chi connectivity index (χ2n) is 3.85. The first-order valence-electron chi connectivity index (χ1n) is 5.28. The first-order chi connectivity index (χ1) is 8.19. The number of aromatic nitrogens is 1. The van der Waals surface area contributed by atoms with Gasteiger partial charge in [0.1, 0.15) is 5.69 Å². The fourth-order valence-corrected chi connectivity index (χ4v) is 2.44. The summed E-state index contributed by atoms with van der Waals surface area (Å²) in [6.45, 7) is 2.06. The number of nitrogens with zero attached hydrogens (tertiary/aromatic N) is 1. The van der Waals surface area contributed by atoms with Crippen molar-refractivity contribution in [3.05, 3.63) is 51.5 Å². The van der Waals surface area contributed by atoms with E-state index in [0.717, 1.165) is 11.4 Å². The minimum absolute atomic E-state index is 0.00625. The fraction of sp³-hybridized carbons (Fsp3) is 0.231. The monoisotopic (exact) mass is 265 g/mol. The summed E-state index contributed by atoms with van der Waals surface area (Å²) in [6.07, 6.45) is 0.764. The number of aryl methyl sites for hydroxylation is 1. The van der Waals surface area contributed by atoms with Crippen molar-refractivity contribution in [2.75, 3.05) is 5.88 Å². The van der Waals surface area contributed by atoms with E-state index in [-0.39, 0.29) is 11.7 Å². The van der Waals surface area contributed by atoms with E-state index in [1.165, 1.54) is 22.5 Å². The van der Waals surface area contributed by atoms with E-state index in [1.807, 2.05) is 0 Å². The number of rotatable bonds is 4. The quantitative estimate of drug-likeness (QED) is 0.626. The molecule has 0 bridgehead atoms. The molecule has 0 saturated heterocycles. The van der Waals surface area contributed by atoms with E-state index in [4.69, 9.17) is 11.6 Å². The summed E-state index contributed by atoms with van der Waals surface area (Å²) >= 11 is 6.99. The number of hydrogen-bond acceptors (Lipinski definition) is 3. The minimum atomic E-state index is -0.113. The van der Waals surface area contributed by atoms with Crippen molar-refractivity contribution in [1.82, 2.24) is 4.98 Å². The van der Waals surface area contributed by atoms with Crippen molar-refractivity contribution in [2.24, 2.45) is 0 Å². The molecule has 4 heteroatoms. The summed E-state index contributed by atoms with van der Waals surface area (Å²) in [5, 5.41) is 2.72. The maximum Gasteiger partial charge on any atom is 0.196 e. The van der Waals surface area contributed by atoms with Gasteiger partial charge in [-0.1, -0.05) is 29.8 Å². The highest BCUT2D eigenvalue weighted by atomic mass is 35.5. The van der Waals surface area contributed by atoms with Gasteiger partial charge in [-0.3, -0.25) is 4.79 Å². The zero-order valence-corrected chi connectivity index (χ0v) is 11.0. The zero-order valence-electron chi connectivity index (χ0n) is 9.44. The molecule has 88 valence electrons. The van der Waals surface area contributed by atoms with Crippen molar-refractivity contribution in [3.63, 3.8) is 0 Å². The number of carbonyl (C=O) groups is 1. The van der Waals surface area contributed by atoms with E-state index in [2.05, 4.69) is 36.2 Å². The van der Waals surface area contributed by atoms with Crippen molar-refractivity contribution in [3.8, 4) is 0 Å². The summed E-state index contributed by atoms with van der Waals surface area (Å²) in [5.41, 5.74) is 2.92. The van der Waals surface area contributed by atoms with Gasteiger partial charge in [0.2, 0.25) is 0 Å². The zero-order chi connectivity index (χ0) is 12.3. The molecule has 0 unspecified atom stereocenters. The Morgan fingerprint density at radius 2 is 2.06 bits per heavy atom. The number of Topliss-reactive ketones (excluding diaryl/α,β-unsaturated/α-hetero) is 1. The topological polar surface area (TPSA) is 30.0 Å². The van der Waals surface area contributed by atoms with Gasteiger partial charge in [0.05, 0.1) is 10.9 Å². The smallest absolute Gasteiger partial charge is 0.196 e. The normalized spacial score (nSPS) is 10.5. The van der Waals surface area contributed by atoms with Gasteiger partial charge >= 0.3 is 0 Å². The average Bonchev–Trinajstić information content (AvgIpc) is 2.80. The van der Waals surface area contributed by atoms with Crippen LogP contribution >= 0.6 is 22.9 Å². The predicted molar refractivity (Wildman–Crippen MR) is 71.1 cm³/mol. The van der Waals surface area contributed by atoms with Gasteiger partial charge in [-0.25, -0.2) is 4.98 Å². The van der Waals surface area contributed by atoms with E-state index >= 15 is 0 Å². The molecule has 0 fully saturated rings. The molecule has 0 aliphatic rings. The Kier molecular flexibility index (Phi) is 3.92. The Morgan fingerprint density at radius 1 is 1.35 bits per heavy atom. The molecule has 17 heavy (non-hydrogen) atoms. The molecule has 1 aromatic heterocycles. The Morgan fingerprint density at radius 3 is 2.71 bits per heavy atom. The van der Waals surface area contributed by atoms with Gasteiger partial charge in [0, 0.05) is 11.8 Å². The maximum atomic E-state index is 11.3. The molecule has 2 rings (SSSR count). The highest BCUT2D eigenvalue weighted by molar-refractivity contribution is 7.09. The largest absolute Gasteiger partial charge is 0.291 e. The lowest BCUT2D eigenvalue weighted by atomic mass is 10.1. The predicted octanol–water partition coefficient (Wildman–Crippen LogP) is 3.46. The van der Waals surface area contributed by atoms with Crippen LogP contribution < -0.4 is 0 Å². The summed E-state index contributed by atoms with van der Waals surface area (Å²) in [7, 11) is 0. The van der Waals surface area contributed by atoms with Crippen LogP contribution in [0.4, 0.5) is 0 Å². The third-order valence-corrected chi connectivity index (χ3v) is 3.53. The summed E-state index contributed by atoms with van der Waals surface area (Å²) in [4.78, 5) is 15.6. The summed E-state index contributed by atoms with van der Waals surface area (Å²) in [5.74, 6) is -0.119. The van der Waals surface area contributed by atoms with Crippen molar-refractivity contribution >= 4 is 28.7 Å². The Labute approximate surface area is 109 Å². The second-order valence-corrected chi connectivity index (χ2v) is 5.06. The highest BCUT2D eigenvalue weighted by Crippen LogP contribution is 2.16. The molecule has 0 saturated carbocycles. The van der Waals surface area contributed by atoms with Crippen molar-refractivity contribution in [2.45, 2.75) is 13.3 Å². The molecule has 1 heterocycles. The van der Waals surface area contributed by atoms with Gasteiger partial charge < -0.3 is 0 Å². The van der Waals surface area contributed by atoms with E-state index in [0.29, 0.717) is 5.69 Å². The number of alkyl halides is 1. The van der Waals surface area contributed by atoms with E-state index < -0.39 is 0 Å². The third-order valence-electron chi connectivity index (χ3n) is 2.43. The first kappa shape index (κ1) is 12.3. The van der Waals surface area contributed by atoms with Gasteiger partial charge in [-0.2, -0.15) is 0 Å². The Hall–Kier alpha value is -1.19. The van der Waals surface area contributed by atoms with Crippen molar-refractivity contribution < 1.29 is 4.79 Å². The number of benzene rings is 1. The average molecular weight is 266 g/mol. The lowest BCUT2D eigenvalue weighted by Gasteiger charge is -1.98. The molecule has 0 spiro atoms. The number of carbonyl (C=O) groups excluding carboxylic acids is 1. The number of thiazole rings is 1. The Bertz CT molecular complexity index is 518. The van der Waals surface area contributed by atoms with Crippen LogP contribution in [0.1, 0.15) is 26.6 Å². The van der Waals surface area contributed by atoms with Crippen LogP contribution in [-0.4, -0.2) is 16.6 Å². The number of hydrogen-bond donors (Lipinski definition) is 0. The molecule has 2 aromatic rings. The SMILES string of the molecule is Cc1ccc(Cc2nc(C(=O)CCl)cs2)cc1. The first-order valence-corrected chi connectivity index (χ1v) is 6.69. The van der Waals surface area contributed by atoms with Gasteiger partial charge in [0.25, 0.3) is 0 Å². The van der Waals surface area contributed by atoms with Gasteiger partial charge in [-0.05, 0) is 12.5 Å². The molecule has 0 N–H and O–H groups in total. The number of halogens is 1. The van der Waals surface area contributed by atoms with Crippen LogP contribution in [0.15, 0.2) is 29.6 Å². The van der Waals surface area contributed by atoms with Crippen LogP contribution in [0.5, 0.6) is 0 Å². The summed E-state index contributed by atoms with van der Waals surface area (Å²) < 4.78 is 0. The van der Waals surface area contributed by atoms with Crippen LogP contribution in [-0.2, 0) is 6.42 Å². The minimum Gasteiger partial charge on any atom is -0.291 e. The molecule has 2 nitrogen and oxygen atoms in total. The standard InChI is InChI=1S/C13H12ClNOS/c1-9-2-4-10(5-3-9)6-13-15-11(8-17-13)12(16)7-14/h2-5,8H,6-7H2,1H3. The van der Waals surface area contributed by atoms with Crippen LogP contribution in [0.2, 0.25) is 0 Å². The van der Waals surface area contributed by atoms with Crippen LogP contribution in [0.25, 0.3) is 0 Å². The Balaban J connectivity index is 2.11. The van der Waals surface area contributed by atoms with Gasteiger partial charge in [0.15, 0.2) is 5.78 Å². The molecular weight excluding hydrogens is 254 g/mol. The fourth-order valence-electron chi connectivity index (χ4n) is 1.47.